The van der Waals surface area contributed by atoms with E-state index in [1.807, 2.05) is 42.5 Å². The maximum atomic E-state index is 12.7. The summed E-state index contributed by atoms with van der Waals surface area (Å²) in [7, 11) is -3.79. The van der Waals surface area contributed by atoms with E-state index >= 15 is 0 Å². The molecule has 7 heteroatoms. The van der Waals surface area contributed by atoms with Gasteiger partial charge in [0, 0.05) is 10.9 Å². The van der Waals surface area contributed by atoms with E-state index in [4.69, 9.17) is 5.73 Å². The highest BCUT2D eigenvalue weighted by Crippen LogP contribution is 2.05. The van der Waals surface area contributed by atoms with Crippen LogP contribution < -0.4 is 31.5 Å². The average molecular weight is 385 g/mol. The minimum atomic E-state index is -3.79. The molecule has 0 saturated heterocycles. The molecule has 0 bridgehead atoms. The van der Waals surface area contributed by atoms with Crippen molar-refractivity contribution in [2.45, 2.75) is 6.29 Å². The number of rotatable bonds is 9. The van der Waals surface area contributed by atoms with E-state index in [0.717, 1.165) is 10.9 Å². The van der Waals surface area contributed by atoms with Gasteiger partial charge in [-0.2, -0.15) is 4.72 Å². The molecule has 0 heterocycles. The van der Waals surface area contributed by atoms with Crippen molar-refractivity contribution >= 4 is 26.7 Å². The Labute approximate surface area is 159 Å². The van der Waals surface area contributed by atoms with Crippen LogP contribution in [0.25, 0.3) is 11.0 Å². The molecule has 1 atom stereocenters. The molecule has 6 nitrogen and oxygen atoms in total. The summed E-state index contributed by atoms with van der Waals surface area (Å²) in [6.07, 6.45) is 4.05. The fourth-order valence-electron chi connectivity index (χ4n) is 2.45. The quantitative estimate of drug-likeness (QED) is 0.479. The van der Waals surface area contributed by atoms with Crippen LogP contribution in [-0.4, -0.2) is 21.4 Å². The predicted octanol–water partition coefficient (Wildman–Crippen LogP) is 0.768. The fraction of sp³-hybridized carbons (Fsp3) is 0.100. The second-order valence-electron chi connectivity index (χ2n) is 5.57. The normalized spacial score (nSPS) is 14.3. The standard InChI is InChI=1S/C20H24N4O2S/c1-3-10-16-11-8-9-14-18(16)19(4-2)27(25,26)23-15-22-20(21)24-17-12-6-5-7-13-17/h3-14,20,22-24H,1-2,15,21H2/b16-10-,19-18+/t20-/m1/s1. The van der Waals surface area contributed by atoms with Gasteiger partial charge < -0.3 is 5.32 Å². The lowest BCUT2D eigenvalue weighted by molar-refractivity contribution is 0.548. The molecule has 0 saturated carbocycles. The van der Waals surface area contributed by atoms with Crippen molar-refractivity contribution in [3.05, 3.63) is 90.3 Å². The Balaban J connectivity index is 2.13. The molecule has 0 unspecified atom stereocenters. The molecular weight excluding hydrogens is 360 g/mol. The molecule has 0 aliphatic carbocycles. The van der Waals surface area contributed by atoms with Crippen LogP contribution in [0.1, 0.15) is 0 Å². The number of anilines is 1. The second-order valence-corrected chi connectivity index (χ2v) is 7.31. The summed E-state index contributed by atoms with van der Waals surface area (Å²) >= 11 is 0. The first-order valence-electron chi connectivity index (χ1n) is 8.32. The number of sulfonamides is 1. The zero-order valence-electron chi connectivity index (χ0n) is 14.9. The lowest BCUT2D eigenvalue weighted by Gasteiger charge is -2.17. The summed E-state index contributed by atoms with van der Waals surface area (Å²) in [5.41, 5.74) is 6.74. The van der Waals surface area contributed by atoms with E-state index in [1.54, 1.807) is 24.3 Å². The second kappa shape index (κ2) is 9.84. The number of nitrogens with two attached hydrogens (primary N) is 1. The first kappa shape index (κ1) is 20.6. The molecule has 0 aromatic heterocycles. The van der Waals surface area contributed by atoms with Gasteiger partial charge in [-0.05, 0) is 23.4 Å². The van der Waals surface area contributed by atoms with Gasteiger partial charge >= 0.3 is 0 Å². The zero-order valence-corrected chi connectivity index (χ0v) is 15.7. The molecule has 2 aromatic carbocycles. The van der Waals surface area contributed by atoms with Crippen molar-refractivity contribution in [1.82, 2.24) is 10.0 Å². The molecule has 0 amide bonds. The number of nitrogens with one attached hydrogen (secondary N) is 3. The third-order valence-corrected chi connectivity index (χ3v) is 5.17. The average Bonchev–Trinajstić information content (AvgIpc) is 2.64. The first-order valence-corrected chi connectivity index (χ1v) is 9.81. The van der Waals surface area contributed by atoms with Crippen LogP contribution in [-0.2, 0) is 10.0 Å². The van der Waals surface area contributed by atoms with E-state index in [-0.39, 0.29) is 11.6 Å². The fourth-order valence-corrected chi connectivity index (χ4v) is 3.57. The zero-order chi connectivity index (χ0) is 19.7. The summed E-state index contributed by atoms with van der Waals surface area (Å²) in [5.74, 6) is 0. The SMILES string of the molecule is C=C/C=c1/cccc/c1=C(/C=C)S(=O)(=O)NCN[C@@H](N)Nc1ccccc1. The number of hydrogen-bond donors (Lipinski definition) is 4. The lowest BCUT2D eigenvalue weighted by Crippen LogP contribution is -2.49. The Morgan fingerprint density at radius 3 is 2.41 bits per heavy atom. The minimum Gasteiger partial charge on any atom is -0.358 e. The van der Waals surface area contributed by atoms with Crippen LogP contribution in [0.2, 0.25) is 0 Å². The van der Waals surface area contributed by atoms with Gasteiger partial charge in [-0.3, -0.25) is 11.1 Å². The smallest absolute Gasteiger partial charge is 0.242 e. The van der Waals surface area contributed by atoms with E-state index in [2.05, 4.69) is 28.5 Å². The van der Waals surface area contributed by atoms with Crippen molar-refractivity contribution in [2.75, 3.05) is 12.0 Å². The maximum absolute atomic E-state index is 12.7. The Morgan fingerprint density at radius 2 is 1.74 bits per heavy atom. The summed E-state index contributed by atoms with van der Waals surface area (Å²) in [5, 5.41) is 7.17. The third kappa shape index (κ3) is 5.90. The van der Waals surface area contributed by atoms with Crippen LogP contribution in [0.15, 0.2) is 79.9 Å². The highest BCUT2D eigenvalue weighted by atomic mass is 32.2. The van der Waals surface area contributed by atoms with E-state index < -0.39 is 16.3 Å². The molecule has 142 valence electrons. The molecule has 0 fully saturated rings. The van der Waals surface area contributed by atoms with Crippen molar-refractivity contribution in [1.29, 1.82) is 0 Å². The molecule has 27 heavy (non-hydrogen) atoms. The maximum Gasteiger partial charge on any atom is 0.242 e. The van der Waals surface area contributed by atoms with Gasteiger partial charge in [0.25, 0.3) is 0 Å². The first-order chi connectivity index (χ1) is 13.0. The lowest BCUT2D eigenvalue weighted by atomic mass is 10.2. The van der Waals surface area contributed by atoms with Crippen LogP contribution in [0.3, 0.4) is 0 Å². The Hall–Kier alpha value is -2.71. The van der Waals surface area contributed by atoms with Crippen molar-refractivity contribution < 1.29 is 8.42 Å². The predicted molar refractivity (Wildman–Crippen MR) is 112 cm³/mol. The number of hydrogen-bond acceptors (Lipinski definition) is 5. The molecule has 2 aromatic rings. The van der Waals surface area contributed by atoms with Crippen molar-refractivity contribution in [3.63, 3.8) is 0 Å². The Bertz CT molecular complexity index is 1000. The Morgan fingerprint density at radius 1 is 1.07 bits per heavy atom. The van der Waals surface area contributed by atoms with E-state index in [9.17, 15) is 8.42 Å². The number of benzene rings is 2. The highest BCUT2D eigenvalue weighted by molar-refractivity contribution is 7.98. The van der Waals surface area contributed by atoms with Crippen LogP contribution in [0, 0.1) is 0 Å². The topological polar surface area (TPSA) is 96.2 Å². The van der Waals surface area contributed by atoms with Gasteiger partial charge in [-0.15, -0.1) is 0 Å². The van der Waals surface area contributed by atoms with Crippen molar-refractivity contribution in [2.24, 2.45) is 5.73 Å². The number of allylic oxidation sites excluding steroid dienone is 1. The van der Waals surface area contributed by atoms with Gasteiger partial charge in [-0.1, -0.05) is 67.8 Å². The largest absolute Gasteiger partial charge is 0.358 e. The summed E-state index contributed by atoms with van der Waals surface area (Å²) in [4.78, 5) is 0.0857. The van der Waals surface area contributed by atoms with Crippen LogP contribution >= 0.6 is 0 Å². The minimum absolute atomic E-state index is 0.0476. The molecule has 0 radical (unpaired) electrons. The molecule has 0 aliphatic rings. The van der Waals surface area contributed by atoms with Gasteiger partial charge in [0.1, 0.15) is 6.29 Å². The van der Waals surface area contributed by atoms with Gasteiger partial charge in [0.2, 0.25) is 10.0 Å². The molecule has 2 rings (SSSR count). The summed E-state index contributed by atoms with van der Waals surface area (Å²) < 4.78 is 27.9. The van der Waals surface area contributed by atoms with Gasteiger partial charge in [-0.25, -0.2) is 8.42 Å². The van der Waals surface area contributed by atoms with E-state index in [0.29, 0.717) is 5.22 Å². The molecule has 0 spiro atoms. The summed E-state index contributed by atoms with van der Waals surface area (Å²) in [6, 6.07) is 16.5. The van der Waals surface area contributed by atoms with E-state index in [1.165, 1.54) is 6.08 Å². The molecule has 0 aliphatic heterocycles. The Kier molecular flexibility index (Phi) is 7.51. The third-order valence-electron chi connectivity index (χ3n) is 3.68. The summed E-state index contributed by atoms with van der Waals surface area (Å²) in [6.45, 7) is 7.26. The van der Waals surface area contributed by atoms with Crippen LogP contribution in [0.5, 0.6) is 0 Å². The van der Waals surface area contributed by atoms with Gasteiger partial charge in [0.15, 0.2) is 0 Å². The van der Waals surface area contributed by atoms with Gasteiger partial charge in [0.05, 0.1) is 11.6 Å². The molecule has 5 N–H and O–H groups in total. The number of para-hydroxylation sites is 1. The van der Waals surface area contributed by atoms with Crippen molar-refractivity contribution in [3.8, 4) is 0 Å². The molecular formula is C20H24N4O2S. The highest BCUT2D eigenvalue weighted by Gasteiger charge is 2.15. The monoisotopic (exact) mass is 384 g/mol. The van der Waals surface area contributed by atoms with Crippen LogP contribution in [0.4, 0.5) is 5.69 Å².